The van der Waals surface area contributed by atoms with Gasteiger partial charge < -0.3 is 5.43 Å². The lowest BCUT2D eigenvalue weighted by atomic mass is 9.80. The smallest absolute Gasteiger partial charge is 0.0187 e. The summed E-state index contributed by atoms with van der Waals surface area (Å²) in [5, 5.41) is 0. The Kier molecular flexibility index (Phi) is 5.02. The van der Waals surface area contributed by atoms with Crippen LogP contribution in [-0.4, -0.2) is 0 Å². The first-order valence-electron chi connectivity index (χ1n) is 5.86. The van der Waals surface area contributed by atoms with Gasteiger partial charge in [-0.3, -0.25) is 5.84 Å². The predicted octanol–water partition coefficient (Wildman–Crippen LogP) is 2.96. The van der Waals surface area contributed by atoms with Crippen LogP contribution in [0.2, 0.25) is 0 Å². The van der Waals surface area contributed by atoms with Gasteiger partial charge in [0, 0.05) is 5.70 Å². The molecule has 0 bridgehead atoms. The fraction of sp³-hybridized carbons (Fsp3) is 0.833. The number of hydrazine groups is 1. The van der Waals surface area contributed by atoms with Gasteiger partial charge in [-0.05, 0) is 24.7 Å². The fourth-order valence-corrected chi connectivity index (χ4v) is 2.29. The van der Waals surface area contributed by atoms with Crippen molar-refractivity contribution in [3.05, 3.63) is 12.3 Å². The van der Waals surface area contributed by atoms with Gasteiger partial charge in [0.25, 0.3) is 0 Å². The first-order chi connectivity index (χ1) is 6.72. The minimum Gasteiger partial charge on any atom is -0.329 e. The zero-order chi connectivity index (χ0) is 10.4. The van der Waals surface area contributed by atoms with E-state index in [9.17, 15) is 0 Å². The van der Waals surface area contributed by atoms with Gasteiger partial charge in [-0.15, -0.1) is 0 Å². The highest BCUT2D eigenvalue weighted by atomic mass is 15.2. The summed E-state index contributed by atoms with van der Waals surface area (Å²) in [5.41, 5.74) is 3.58. The summed E-state index contributed by atoms with van der Waals surface area (Å²) in [7, 11) is 0. The van der Waals surface area contributed by atoms with Crippen LogP contribution in [0.5, 0.6) is 0 Å². The standard InChI is InChI=1S/C12H24N2/c1-10-6-8-12(9-7-10)5-3-4-11(2)14-13/h10,12,14H,2-9,13H2,1H3. The quantitative estimate of drug-likeness (QED) is 0.524. The highest BCUT2D eigenvalue weighted by Gasteiger charge is 2.17. The molecule has 0 aromatic heterocycles. The van der Waals surface area contributed by atoms with Crippen molar-refractivity contribution in [2.75, 3.05) is 0 Å². The molecule has 1 aliphatic carbocycles. The molecule has 0 aliphatic heterocycles. The van der Waals surface area contributed by atoms with Crippen LogP contribution >= 0.6 is 0 Å². The largest absolute Gasteiger partial charge is 0.329 e. The van der Waals surface area contributed by atoms with E-state index in [2.05, 4.69) is 18.9 Å². The lowest BCUT2D eigenvalue weighted by Gasteiger charge is -2.26. The molecule has 1 saturated carbocycles. The average molecular weight is 196 g/mol. The van der Waals surface area contributed by atoms with Crippen LogP contribution in [0.1, 0.15) is 51.9 Å². The van der Waals surface area contributed by atoms with Crippen molar-refractivity contribution in [3.63, 3.8) is 0 Å². The maximum atomic E-state index is 5.26. The molecule has 0 atom stereocenters. The number of nitrogens with one attached hydrogen (secondary N) is 1. The summed E-state index contributed by atoms with van der Waals surface area (Å²) in [4.78, 5) is 0. The number of rotatable bonds is 5. The van der Waals surface area contributed by atoms with Crippen LogP contribution in [0.25, 0.3) is 0 Å². The van der Waals surface area contributed by atoms with Crippen LogP contribution in [-0.2, 0) is 0 Å². The fourth-order valence-electron chi connectivity index (χ4n) is 2.29. The van der Waals surface area contributed by atoms with Gasteiger partial charge in [0.05, 0.1) is 0 Å². The molecule has 0 amide bonds. The van der Waals surface area contributed by atoms with Crippen LogP contribution in [0.15, 0.2) is 12.3 Å². The second-order valence-corrected chi connectivity index (χ2v) is 4.77. The van der Waals surface area contributed by atoms with E-state index < -0.39 is 0 Å². The molecule has 0 aromatic carbocycles. The van der Waals surface area contributed by atoms with E-state index >= 15 is 0 Å². The molecule has 0 unspecified atom stereocenters. The van der Waals surface area contributed by atoms with Crippen LogP contribution in [0, 0.1) is 11.8 Å². The van der Waals surface area contributed by atoms with Gasteiger partial charge in [0.1, 0.15) is 0 Å². The van der Waals surface area contributed by atoms with Crippen molar-refractivity contribution in [2.45, 2.75) is 51.9 Å². The Hall–Kier alpha value is -0.500. The molecule has 1 rings (SSSR count). The van der Waals surface area contributed by atoms with E-state index in [1.165, 1.54) is 38.5 Å². The minimum atomic E-state index is 0.965. The summed E-state index contributed by atoms with van der Waals surface area (Å²) in [6.45, 7) is 6.20. The third-order valence-electron chi connectivity index (χ3n) is 3.43. The van der Waals surface area contributed by atoms with E-state index in [-0.39, 0.29) is 0 Å². The van der Waals surface area contributed by atoms with Gasteiger partial charge in [-0.2, -0.15) is 0 Å². The Bertz CT molecular complexity index is 169. The molecule has 1 fully saturated rings. The molecule has 2 nitrogen and oxygen atoms in total. The van der Waals surface area contributed by atoms with E-state index in [4.69, 9.17) is 5.84 Å². The van der Waals surface area contributed by atoms with Crippen LogP contribution < -0.4 is 11.3 Å². The van der Waals surface area contributed by atoms with E-state index in [1.807, 2.05) is 0 Å². The minimum absolute atomic E-state index is 0.965. The predicted molar refractivity (Wildman–Crippen MR) is 61.4 cm³/mol. The molecule has 1 aliphatic rings. The molecule has 82 valence electrons. The molecule has 14 heavy (non-hydrogen) atoms. The number of hydrogen-bond donors (Lipinski definition) is 2. The van der Waals surface area contributed by atoms with Gasteiger partial charge in [-0.25, -0.2) is 0 Å². The van der Waals surface area contributed by atoms with E-state index in [0.29, 0.717) is 0 Å². The number of hydrogen-bond acceptors (Lipinski definition) is 2. The second-order valence-electron chi connectivity index (χ2n) is 4.77. The lowest BCUT2D eigenvalue weighted by molar-refractivity contribution is 0.273. The normalized spacial score (nSPS) is 27.3. The first-order valence-corrected chi connectivity index (χ1v) is 5.86. The Morgan fingerprint density at radius 3 is 2.57 bits per heavy atom. The van der Waals surface area contributed by atoms with Crippen molar-refractivity contribution in [3.8, 4) is 0 Å². The van der Waals surface area contributed by atoms with Crippen molar-refractivity contribution in [1.82, 2.24) is 5.43 Å². The molecule has 2 heteroatoms. The molecule has 0 spiro atoms. The molecule has 3 N–H and O–H groups in total. The molecule has 0 heterocycles. The SMILES string of the molecule is C=C(CCCC1CCC(C)CC1)NN. The summed E-state index contributed by atoms with van der Waals surface area (Å²) in [5.74, 6) is 7.19. The molecule has 0 aromatic rings. The van der Waals surface area contributed by atoms with Gasteiger partial charge in [0.2, 0.25) is 0 Å². The van der Waals surface area contributed by atoms with Crippen LogP contribution in [0.3, 0.4) is 0 Å². The third-order valence-corrected chi connectivity index (χ3v) is 3.43. The zero-order valence-electron chi connectivity index (χ0n) is 9.39. The Labute approximate surface area is 87.9 Å². The second kappa shape index (κ2) is 6.07. The Balaban J connectivity index is 2.04. The van der Waals surface area contributed by atoms with Gasteiger partial charge in [-0.1, -0.05) is 45.6 Å². The molecular formula is C12H24N2. The summed E-state index contributed by atoms with van der Waals surface area (Å²) in [6, 6.07) is 0. The zero-order valence-corrected chi connectivity index (χ0v) is 9.39. The van der Waals surface area contributed by atoms with Crippen LogP contribution in [0.4, 0.5) is 0 Å². The topological polar surface area (TPSA) is 38.0 Å². The first kappa shape index (κ1) is 11.6. The number of allylic oxidation sites excluding steroid dienone is 1. The van der Waals surface area contributed by atoms with Crippen molar-refractivity contribution in [1.29, 1.82) is 0 Å². The molecule has 0 radical (unpaired) electrons. The summed E-state index contributed by atoms with van der Waals surface area (Å²) >= 11 is 0. The lowest BCUT2D eigenvalue weighted by Crippen LogP contribution is -2.20. The molecule has 0 saturated heterocycles. The molecular weight excluding hydrogens is 172 g/mol. The third kappa shape index (κ3) is 4.14. The highest BCUT2D eigenvalue weighted by Crippen LogP contribution is 2.31. The number of nitrogens with two attached hydrogens (primary N) is 1. The van der Waals surface area contributed by atoms with Crippen molar-refractivity contribution >= 4 is 0 Å². The van der Waals surface area contributed by atoms with E-state index in [1.54, 1.807) is 0 Å². The van der Waals surface area contributed by atoms with Crippen molar-refractivity contribution < 1.29 is 0 Å². The maximum Gasteiger partial charge on any atom is 0.0187 e. The highest BCUT2D eigenvalue weighted by molar-refractivity contribution is 4.88. The monoisotopic (exact) mass is 196 g/mol. The van der Waals surface area contributed by atoms with Gasteiger partial charge >= 0.3 is 0 Å². The van der Waals surface area contributed by atoms with E-state index in [0.717, 1.165) is 24.0 Å². The Morgan fingerprint density at radius 1 is 1.36 bits per heavy atom. The average Bonchev–Trinajstić information content (AvgIpc) is 2.21. The van der Waals surface area contributed by atoms with Crippen molar-refractivity contribution in [2.24, 2.45) is 17.7 Å². The Morgan fingerprint density at radius 2 is 2.00 bits per heavy atom. The maximum absolute atomic E-state index is 5.26. The summed E-state index contributed by atoms with van der Waals surface area (Å²) in [6.07, 6.45) is 9.35. The van der Waals surface area contributed by atoms with Gasteiger partial charge in [0.15, 0.2) is 0 Å². The summed E-state index contributed by atoms with van der Waals surface area (Å²) < 4.78 is 0.